The van der Waals surface area contributed by atoms with E-state index in [1.807, 2.05) is 0 Å². The highest BCUT2D eigenvalue weighted by molar-refractivity contribution is 5.91. The number of rotatable bonds is 3. The van der Waals surface area contributed by atoms with Gasteiger partial charge in [-0.05, 0) is 26.0 Å². The maximum Gasteiger partial charge on any atom is 0.338 e. The standard InChI is InChI=1S/C11H12O3/c1-8(2)14-11(13)10-5-3-4-9(6-10)7-12/h3-8H,1-2H3. The summed E-state index contributed by atoms with van der Waals surface area (Å²) in [6.07, 6.45) is 0.550. The fraction of sp³-hybridized carbons (Fsp3) is 0.273. The van der Waals surface area contributed by atoms with E-state index in [2.05, 4.69) is 0 Å². The van der Waals surface area contributed by atoms with Gasteiger partial charge in [0.2, 0.25) is 0 Å². The zero-order valence-corrected chi connectivity index (χ0v) is 8.19. The predicted molar refractivity (Wildman–Crippen MR) is 52.4 cm³/mol. The van der Waals surface area contributed by atoms with Crippen LogP contribution in [0.2, 0.25) is 0 Å². The Hall–Kier alpha value is -1.64. The molecular weight excluding hydrogens is 180 g/mol. The lowest BCUT2D eigenvalue weighted by atomic mass is 10.1. The Labute approximate surface area is 82.7 Å². The molecule has 0 atom stereocenters. The van der Waals surface area contributed by atoms with Gasteiger partial charge >= 0.3 is 5.97 Å². The van der Waals surface area contributed by atoms with Crippen molar-refractivity contribution < 1.29 is 14.3 Å². The van der Waals surface area contributed by atoms with Crippen LogP contribution >= 0.6 is 0 Å². The van der Waals surface area contributed by atoms with Crippen molar-refractivity contribution >= 4 is 12.3 Å². The third-order valence-corrected chi connectivity index (χ3v) is 1.60. The smallest absolute Gasteiger partial charge is 0.338 e. The van der Waals surface area contributed by atoms with Crippen molar-refractivity contribution in [2.24, 2.45) is 0 Å². The van der Waals surface area contributed by atoms with E-state index >= 15 is 0 Å². The highest BCUT2D eigenvalue weighted by Gasteiger charge is 2.08. The van der Waals surface area contributed by atoms with E-state index in [0.29, 0.717) is 17.4 Å². The van der Waals surface area contributed by atoms with Crippen LogP contribution in [0, 0.1) is 0 Å². The van der Waals surface area contributed by atoms with Gasteiger partial charge in [0.25, 0.3) is 0 Å². The summed E-state index contributed by atoms with van der Waals surface area (Å²) in [6.45, 7) is 3.56. The molecule has 0 aliphatic carbocycles. The van der Waals surface area contributed by atoms with Crippen molar-refractivity contribution in [2.45, 2.75) is 20.0 Å². The van der Waals surface area contributed by atoms with Crippen molar-refractivity contribution in [1.29, 1.82) is 0 Å². The van der Waals surface area contributed by atoms with Crippen molar-refractivity contribution in [1.82, 2.24) is 0 Å². The average Bonchev–Trinajstić information content (AvgIpc) is 2.17. The number of hydrogen-bond donors (Lipinski definition) is 0. The lowest BCUT2D eigenvalue weighted by Crippen LogP contribution is -2.11. The van der Waals surface area contributed by atoms with Gasteiger partial charge < -0.3 is 4.74 Å². The Morgan fingerprint density at radius 1 is 1.43 bits per heavy atom. The topological polar surface area (TPSA) is 43.4 Å². The Morgan fingerprint density at radius 2 is 2.14 bits per heavy atom. The molecule has 1 rings (SSSR count). The fourth-order valence-corrected chi connectivity index (χ4v) is 1.02. The molecule has 0 fully saturated rings. The molecule has 1 aromatic carbocycles. The van der Waals surface area contributed by atoms with Crippen LogP contribution in [-0.4, -0.2) is 18.4 Å². The van der Waals surface area contributed by atoms with Crippen LogP contribution in [0.15, 0.2) is 24.3 Å². The number of carbonyl (C=O) groups excluding carboxylic acids is 2. The summed E-state index contributed by atoms with van der Waals surface area (Å²) in [7, 11) is 0. The summed E-state index contributed by atoms with van der Waals surface area (Å²) in [6, 6.07) is 6.43. The molecule has 14 heavy (non-hydrogen) atoms. The van der Waals surface area contributed by atoms with E-state index in [0.717, 1.165) is 0 Å². The first-order chi connectivity index (χ1) is 6.63. The number of esters is 1. The van der Waals surface area contributed by atoms with Crippen molar-refractivity contribution in [3.05, 3.63) is 35.4 Å². The third-order valence-electron chi connectivity index (χ3n) is 1.60. The molecule has 0 bridgehead atoms. The Morgan fingerprint density at radius 3 is 2.71 bits per heavy atom. The molecule has 0 heterocycles. The minimum Gasteiger partial charge on any atom is -0.459 e. The SMILES string of the molecule is CC(C)OC(=O)c1cccc(C=O)c1. The lowest BCUT2D eigenvalue weighted by molar-refractivity contribution is 0.0378. The second-order valence-corrected chi connectivity index (χ2v) is 3.20. The average molecular weight is 192 g/mol. The van der Waals surface area contributed by atoms with Gasteiger partial charge in [0, 0.05) is 5.56 Å². The maximum absolute atomic E-state index is 11.4. The molecule has 0 aliphatic rings. The van der Waals surface area contributed by atoms with E-state index in [1.165, 1.54) is 6.07 Å². The van der Waals surface area contributed by atoms with Crippen molar-refractivity contribution in [3.63, 3.8) is 0 Å². The van der Waals surface area contributed by atoms with E-state index in [-0.39, 0.29) is 6.10 Å². The fourth-order valence-electron chi connectivity index (χ4n) is 1.02. The molecule has 1 aromatic rings. The van der Waals surface area contributed by atoms with Gasteiger partial charge in [-0.1, -0.05) is 12.1 Å². The molecule has 0 aliphatic heterocycles. The molecule has 3 nitrogen and oxygen atoms in total. The van der Waals surface area contributed by atoms with Crippen molar-refractivity contribution in [2.75, 3.05) is 0 Å². The maximum atomic E-state index is 11.4. The summed E-state index contributed by atoms with van der Waals surface area (Å²) in [5.74, 6) is -0.399. The molecular formula is C11H12O3. The summed E-state index contributed by atoms with van der Waals surface area (Å²) in [4.78, 5) is 21.8. The number of carbonyl (C=O) groups is 2. The van der Waals surface area contributed by atoms with Gasteiger partial charge in [-0.25, -0.2) is 4.79 Å². The number of aldehydes is 1. The number of hydrogen-bond acceptors (Lipinski definition) is 3. The molecule has 3 heteroatoms. The summed E-state index contributed by atoms with van der Waals surface area (Å²) in [5.41, 5.74) is 0.881. The van der Waals surface area contributed by atoms with Crippen LogP contribution in [0.5, 0.6) is 0 Å². The first-order valence-corrected chi connectivity index (χ1v) is 4.39. The van der Waals surface area contributed by atoms with Crippen LogP contribution in [0.4, 0.5) is 0 Å². The van der Waals surface area contributed by atoms with Crippen LogP contribution in [-0.2, 0) is 4.74 Å². The Balaban J connectivity index is 2.84. The van der Waals surface area contributed by atoms with E-state index < -0.39 is 5.97 Å². The predicted octanol–water partition coefficient (Wildman–Crippen LogP) is 2.06. The minimum atomic E-state index is -0.399. The van der Waals surface area contributed by atoms with Gasteiger partial charge in [0.1, 0.15) is 6.29 Å². The normalized spacial score (nSPS) is 9.93. The van der Waals surface area contributed by atoms with Gasteiger partial charge in [-0.2, -0.15) is 0 Å². The Bertz CT molecular complexity index is 342. The van der Waals surface area contributed by atoms with Gasteiger partial charge in [0.15, 0.2) is 0 Å². The van der Waals surface area contributed by atoms with Crippen LogP contribution in [0.3, 0.4) is 0 Å². The molecule has 0 amide bonds. The van der Waals surface area contributed by atoms with Gasteiger partial charge in [-0.3, -0.25) is 4.79 Å². The molecule has 0 unspecified atom stereocenters. The number of benzene rings is 1. The molecule has 0 aromatic heterocycles. The molecule has 0 N–H and O–H groups in total. The molecule has 74 valence electrons. The van der Waals surface area contributed by atoms with E-state index in [1.54, 1.807) is 32.0 Å². The van der Waals surface area contributed by atoms with Gasteiger partial charge in [-0.15, -0.1) is 0 Å². The largest absolute Gasteiger partial charge is 0.459 e. The Kier molecular flexibility index (Phi) is 3.40. The summed E-state index contributed by atoms with van der Waals surface area (Å²) >= 11 is 0. The highest BCUT2D eigenvalue weighted by atomic mass is 16.5. The lowest BCUT2D eigenvalue weighted by Gasteiger charge is -2.07. The first-order valence-electron chi connectivity index (χ1n) is 4.39. The minimum absolute atomic E-state index is 0.151. The molecule has 0 saturated heterocycles. The van der Waals surface area contributed by atoms with E-state index in [4.69, 9.17) is 4.74 Å². The first kappa shape index (κ1) is 10.4. The molecule has 0 spiro atoms. The second kappa shape index (κ2) is 4.56. The van der Waals surface area contributed by atoms with Gasteiger partial charge in [0.05, 0.1) is 11.7 Å². The number of ether oxygens (including phenoxy) is 1. The second-order valence-electron chi connectivity index (χ2n) is 3.20. The van der Waals surface area contributed by atoms with Crippen LogP contribution < -0.4 is 0 Å². The van der Waals surface area contributed by atoms with E-state index in [9.17, 15) is 9.59 Å². The third kappa shape index (κ3) is 2.69. The quantitative estimate of drug-likeness (QED) is 0.544. The monoisotopic (exact) mass is 192 g/mol. The highest BCUT2D eigenvalue weighted by Crippen LogP contribution is 2.06. The summed E-state index contributed by atoms with van der Waals surface area (Å²) in [5, 5.41) is 0. The molecule has 0 radical (unpaired) electrons. The van der Waals surface area contributed by atoms with Crippen LogP contribution in [0.25, 0.3) is 0 Å². The van der Waals surface area contributed by atoms with Crippen molar-refractivity contribution in [3.8, 4) is 0 Å². The zero-order chi connectivity index (χ0) is 10.6. The van der Waals surface area contributed by atoms with Crippen LogP contribution in [0.1, 0.15) is 34.6 Å². The summed E-state index contributed by atoms with van der Waals surface area (Å²) < 4.78 is 4.98. The molecule has 0 saturated carbocycles. The zero-order valence-electron chi connectivity index (χ0n) is 8.19.